The molecule has 146 valence electrons. The Morgan fingerprint density at radius 1 is 1.04 bits per heavy atom. The molecular formula is C23H28N4O. The number of rotatable bonds is 6. The van der Waals surface area contributed by atoms with E-state index in [1.807, 2.05) is 48.9 Å². The van der Waals surface area contributed by atoms with Crippen molar-refractivity contribution in [1.29, 1.82) is 0 Å². The smallest absolute Gasteiger partial charge is 0.243 e. The average Bonchev–Trinajstić information content (AvgIpc) is 2.95. The maximum absolute atomic E-state index is 12.6. The zero-order valence-electron chi connectivity index (χ0n) is 17.2. The standard InChI is InChI=1S/C23H28N4O/c1-15(2)20-8-6-7-9-21(20)24-14-22(28)25-23-17(4)26-27(18(23)5)19-12-10-16(3)11-13-19/h6-13,15,24H,14H2,1-5H3,(H,25,28). The summed E-state index contributed by atoms with van der Waals surface area (Å²) in [5.41, 5.74) is 6.87. The van der Waals surface area contributed by atoms with E-state index < -0.39 is 0 Å². The SMILES string of the molecule is Cc1ccc(-n2nc(C)c(NC(=O)CNc3ccccc3C(C)C)c2C)cc1. The summed E-state index contributed by atoms with van der Waals surface area (Å²) >= 11 is 0. The monoisotopic (exact) mass is 376 g/mol. The fourth-order valence-corrected chi connectivity index (χ4v) is 3.28. The van der Waals surface area contributed by atoms with E-state index in [0.717, 1.165) is 28.5 Å². The van der Waals surface area contributed by atoms with Crippen molar-refractivity contribution in [3.63, 3.8) is 0 Å². The van der Waals surface area contributed by atoms with E-state index in [2.05, 4.69) is 54.7 Å². The second kappa shape index (κ2) is 8.30. The van der Waals surface area contributed by atoms with E-state index in [-0.39, 0.29) is 12.5 Å². The topological polar surface area (TPSA) is 59.0 Å². The Morgan fingerprint density at radius 2 is 1.71 bits per heavy atom. The van der Waals surface area contributed by atoms with E-state index in [4.69, 9.17) is 0 Å². The largest absolute Gasteiger partial charge is 0.376 e. The lowest BCUT2D eigenvalue weighted by molar-refractivity contribution is -0.114. The highest BCUT2D eigenvalue weighted by atomic mass is 16.1. The fraction of sp³-hybridized carbons (Fsp3) is 0.304. The molecule has 3 aromatic rings. The lowest BCUT2D eigenvalue weighted by atomic mass is 10.0. The minimum Gasteiger partial charge on any atom is -0.376 e. The Morgan fingerprint density at radius 3 is 2.39 bits per heavy atom. The average molecular weight is 377 g/mol. The first-order chi connectivity index (χ1) is 13.4. The molecule has 3 rings (SSSR count). The van der Waals surface area contributed by atoms with Crippen molar-refractivity contribution >= 4 is 17.3 Å². The number of carbonyl (C=O) groups excluding carboxylic acids is 1. The molecule has 0 radical (unpaired) electrons. The lowest BCUT2D eigenvalue weighted by Crippen LogP contribution is -2.23. The second-order valence-corrected chi connectivity index (χ2v) is 7.44. The first kappa shape index (κ1) is 19.7. The number of nitrogens with one attached hydrogen (secondary N) is 2. The number of aryl methyl sites for hydroxylation is 2. The van der Waals surface area contributed by atoms with Crippen LogP contribution < -0.4 is 10.6 Å². The summed E-state index contributed by atoms with van der Waals surface area (Å²) in [6, 6.07) is 16.3. The molecule has 2 N–H and O–H groups in total. The van der Waals surface area contributed by atoms with Crippen LogP contribution in [-0.2, 0) is 4.79 Å². The van der Waals surface area contributed by atoms with Crippen LogP contribution in [0.5, 0.6) is 0 Å². The number of hydrogen-bond donors (Lipinski definition) is 2. The van der Waals surface area contributed by atoms with Gasteiger partial charge in [0.2, 0.25) is 5.91 Å². The summed E-state index contributed by atoms with van der Waals surface area (Å²) in [4.78, 5) is 12.6. The third-order valence-corrected chi connectivity index (χ3v) is 4.86. The molecule has 5 heteroatoms. The molecule has 5 nitrogen and oxygen atoms in total. The summed E-state index contributed by atoms with van der Waals surface area (Å²) < 4.78 is 1.87. The van der Waals surface area contributed by atoms with Crippen molar-refractivity contribution in [3.05, 3.63) is 71.0 Å². The predicted octanol–water partition coefficient (Wildman–Crippen LogP) is 4.97. The number of hydrogen-bond acceptors (Lipinski definition) is 3. The number of aromatic nitrogens is 2. The molecule has 0 aliphatic heterocycles. The van der Waals surface area contributed by atoms with Gasteiger partial charge in [-0.15, -0.1) is 0 Å². The van der Waals surface area contributed by atoms with Crippen LogP contribution in [0, 0.1) is 20.8 Å². The highest BCUT2D eigenvalue weighted by Crippen LogP contribution is 2.25. The molecule has 2 aromatic carbocycles. The van der Waals surface area contributed by atoms with Crippen molar-refractivity contribution in [2.75, 3.05) is 17.2 Å². The number of benzene rings is 2. The number of amides is 1. The number of nitrogens with zero attached hydrogens (tertiary/aromatic N) is 2. The van der Waals surface area contributed by atoms with Gasteiger partial charge in [-0.1, -0.05) is 49.7 Å². The van der Waals surface area contributed by atoms with Crippen molar-refractivity contribution in [2.45, 2.75) is 40.5 Å². The first-order valence-electron chi connectivity index (χ1n) is 9.62. The van der Waals surface area contributed by atoms with Crippen LogP contribution in [0.1, 0.15) is 42.3 Å². The Hall–Kier alpha value is -3.08. The van der Waals surface area contributed by atoms with Crippen LogP contribution in [0.2, 0.25) is 0 Å². The van der Waals surface area contributed by atoms with Gasteiger partial charge in [0.25, 0.3) is 0 Å². The van der Waals surface area contributed by atoms with E-state index >= 15 is 0 Å². The highest BCUT2D eigenvalue weighted by molar-refractivity contribution is 5.95. The molecule has 0 atom stereocenters. The Kier molecular flexibility index (Phi) is 5.83. The van der Waals surface area contributed by atoms with Gasteiger partial charge in [-0.3, -0.25) is 4.79 Å². The fourth-order valence-electron chi connectivity index (χ4n) is 3.28. The van der Waals surface area contributed by atoms with Gasteiger partial charge in [0.1, 0.15) is 0 Å². The molecule has 0 aliphatic rings. The van der Waals surface area contributed by atoms with Crippen molar-refractivity contribution < 1.29 is 4.79 Å². The first-order valence-corrected chi connectivity index (χ1v) is 9.62. The van der Waals surface area contributed by atoms with Crippen molar-refractivity contribution in [2.24, 2.45) is 0 Å². The zero-order chi connectivity index (χ0) is 20.3. The maximum atomic E-state index is 12.6. The summed E-state index contributed by atoms with van der Waals surface area (Å²) in [6.45, 7) is 10.4. The van der Waals surface area contributed by atoms with Crippen LogP contribution in [-0.4, -0.2) is 22.2 Å². The third kappa shape index (κ3) is 4.25. The molecule has 28 heavy (non-hydrogen) atoms. The summed E-state index contributed by atoms with van der Waals surface area (Å²) in [5.74, 6) is 0.303. The lowest BCUT2D eigenvalue weighted by Gasteiger charge is -2.14. The van der Waals surface area contributed by atoms with Crippen LogP contribution in [0.25, 0.3) is 5.69 Å². The van der Waals surface area contributed by atoms with Crippen LogP contribution in [0.15, 0.2) is 48.5 Å². The Balaban J connectivity index is 1.72. The molecule has 0 bridgehead atoms. The molecule has 0 saturated carbocycles. The van der Waals surface area contributed by atoms with Gasteiger partial charge < -0.3 is 10.6 Å². The molecule has 0 saturated heterocycles. The van der Waals surface area contributed by atoms with E-state index in [9.17, 15) is 4.79 Å². The maximum Gasteiger partial charge on any atom is 0.243 e. The Bertz CT molecular complexity index is 971. The third-order valence-electron chi connectivity index (χ3n) is 4.86. The predicted molar refractivity (Wildman–Crippen MR) is 115 cm³/mol. The van der Waals surface area contributed by atoms with Crippen LogP contribution in [0.3, 0.4) is 0 Å². The van der Waals surface area contributed by atoms with Crippen LogP contribution in [0.4, 0.5) is 11.4 Å². The zero-order valence-corrected chi connectivity index (χ0v) is 17.2. The molecule has 0 aliphatic carbocycles. The highest BCUT2D eigenvalue weighted by Gasteiger charge is 2.15. The van der Waals surface area contributed by atoms with E-state index in [1.54, 1.807) is 0 Å². The summed E-state index contributed by atoms with van der Waals surface area (Å²) in [5, 5.41) is 10.9. The van der Waals surface area contributed by atoms with E-state index in [0.29, 0.717) is 5.92 Å². The van der Waals surface area contributed by atoms with Crippen LogP contribution >= 0.6 is 0 Å². The molecule has 0 spiro atoms. The molecule has 1 heterocycles. The summed E-state index contributed by atoms with van der Waals surface area (Å²) in [7, 11) is 0. The minimum atomic E-state index is -0.0896. The van der Waals surface area contributed by atoms with Gasteiger partial charge in [-0.25, -0.2) is 4.68 Å². The normalized spacial score (nSPS) is 10.9. The van der Waals surface area contributed by atoms with Crippen molar-refractivity contribution in [1.82, 2.24) is 9.78 Å². The molecule has 0 unspecified atom stereocenters. The van der Waals surface area contributed by atoms with Gasteiger partial charge in [0.15, 0.2) is 0 Å². The van der Waals surface area contributed by atoms with Gasteiger partial charge >= 0.3 is 0 Å². The van der Waals surface area contributed by atoms with Gasteiger partial charge in [-0.2, -0.15) is 5.10 Å². The van der Waals surface area contributed by atoms with Crippen molar-refractivity contribution in [3.8, 4) is 5.69 Å². The molecular weight excluding hydrogens is 348 g/mol. The van der Waals surface area contributed by atoms with Gasteiger partial charge in [-0.05, 0) is 50.5 Å². The second-order valence-electron chi connectivity index (χ2n) is 7.44. The van der Waals surface area contributed by atoms with E-state index in [1.165, 1.54) is 11.1 Å². The number of anilines is 2. The molecule has 1 aromatic heterocycles. The summed E-state index contributed by atoms with van der Waals surface area (Å²) in [6.07, 6.45) is 0. The molecule has 1 amide bonds. The number of para-hydroxylation sites is 1. The number of carbonyl (C=O) groups is 1. The van der Waals surface area contributed by atoms with Gasteiger partial charge in [0, 0.05) is 5.69 Å². The Labute approximate surface area is 166 Å². The quantitative estimate of drug-likeness (QED) is 0.638. The minimum absolute atomic E-state index is 0.0896. The van der Waals surface area contributed by atoms with Gasteiger partial charge in [0.05, 0.1) is 29.3 Å². The molecule has 0 fully saturated rings.